The molecule has 0 atom stereocenters. The molecule has 1 aliphatic carbocycles. The highest BCUT2D eigenvalue weighted by atomic mass is 32.2. The summed E-state index contributed by atoms with van der Waals surface area (Å²) in [5.74, 6) is 0.0379. The summed E-state index contributed by atoms with van der Waals surface area (Å²) in [6.07, 6.45) is 4.91. The monoisotopic (exact) mass is 274 g/mol. The molecule has 4 N–H and O–H groups in total. The molecule has 0 unspecified atom stereocenters. The Hall–Kier alpha value is -1.12. The summed E-state index contributed by atoms with van der Waals surface area (Å²) in [7, 11) is -3.68. The number of H-pyrrole nitrogens is 1. The molecule has 1 saturated carbocycles. The normalized spacial score (nSPS) is 17.7. The standard InChI is InChI=1S/C10H18N4O3S/c11-10-9(7-12-13-10)18(16,17)14(5-6-15)8-3-1-2-4-8/h7-8,15H,1-6H2,(H3,11,12,13). The van der Waals surface area contributed by atoms with Crippen molar-refractivity contribution in [3.63, 3.8) is 0 Å². The highest BCUT2D eigenvalue weighted by Crippen LogP contribution is 2.29. The van der Waals surface area contributed by atoms with E-state index in [9.17, 15) is 8.42 Å². The van der Waals surface area contributed by atoms with Gasteiger partial charge in [0.1, 0.15) is 10.7 Å². The van der Waals surface area contributed by atoms with Crippen molar-refractivity contribution in [3.05, 3.63) is 6.20 Å². The highest BCUT2D eigenvalue weighted by molar-refractivity contribution is 7.89. The number of aromatic nitrogens is 2. The van der Waals surface area contributed by atoms with Gasteiger partial charge in [0.05, 0.1) is 12.8 Å². The first-order valence-electron chi connectivity index (χ1n) is 5.99. The van der Waals surface area contributed by atoms with Crippen LogP contribution in [-0.2, 0) is 10.0 Å². The fourth-order valence-corrected chi connectivity index (χ4v) is 4.09. The van der Waals surface area contributed by atoms with Crippen LogP contribution < -0.4 is 5.73 Å². The summed E-state index contributed by atoms with van der Waals surface area (Å²) < 4.78 is 26.3. The summed E-state index contributed by atoms with van der Waals surface area (Å²) in [6.45, 7) is -0.106. The van der Waals surface area contributed by atoms with Crippen LogP contribution in [0.4, 0.5) is 5.82 Å². The van der Waals surface area contributed by atoms with Crippen molar-refractivity contribution in [1.82, 2.24) is 14.5 Å². The summed E-state index contributed by atoms with van der Waals surface area (Å²) in [5.41, 5.74) is 5.57. The second-order valence-corrected chi connectivity index (χ2v) is 6.28. The Morgan fingerprint density at radius 1 is 1.50 bits per heavy atom. The number of nitrogens with two attached hydrogens (primary N) is 1. The molecular formula is C10H18N4O3S. The zero-order valence-corrected chi connectivity index (χ0v) is 10.9. The number of sulfonamides is 1. The van der Waals surface area contributed by atoms with Crippen LogP contribution in [0.15, 0.2) is 11.1 Å². The van der Waals surface area contributed by atoms with Gasteiger partial charge in [0, 0.05) is 12.6 Å². The number of nitrogen functional groups attached to an aromatic ring is 1. The van der Waals surface area contributed by atoms with E-state index >= 15 is 0 Å². The van der Waals surface area contributed by atoms with Gasteiger partial charge < -0.3 is 10.8 Å². The van der Waals surface area contributed by atoms with Crippen LogP contribution in [0.5, 0.6) is 0 Å². The number of aromatic amines is 1. The Morgan fingerprint density at radius 2 is 2.17 bits per heavy atom. The third-order valence-corrected chi connectivity index (χ3v) is 5.25. The minimum absolute atomic E-state index is 0.0113. The Balaban J connectivity index is 2.32. The first kappa shape index (κ1) is 13.3. The van der Waals surface area contributed by atoms with Crippen molar-refractivity contribution in [2.75, 3.05) is 18.9 Å². The largest absolute Gasteiger partial charge is 0.395 e. The third-order valence-electron chi connectivity index (χ3n) is 3.27. The lowest BCUT2D eigenvalue weighted by atomic mass is 10.2. The van der Waals surface area contributed by atoms with Gasteiger partial charge in [0.15, 0.2) is 0 Å². The molecule has 0 radical (unpaired) electrons. The van der Waals surface area contributed by atoms with Crippen molar-refractivity contribution in [2.24, 2.45) is 0 Å². The fraction of sp³-hybridized carbons (Fsp3) is 0.700. The maximum absolute atomic E-state index is 12.5. The van der Waals surface area contributed by atoms with E-state index in [1.807, 2.05) is 0 Å². The first-order valence-corrected chi connectivity index (χ1v) is 7.43. The lowest BCUT2D eigenvalue weighted by molar-refractivity contribution is 0.226. The number of aliphatic hydroxyl groups excluding tert-OH is 1. The minimum atomic E-state index is -3.68. The molecule has 0 bridgehead atoms. The van der Waals surface area contributed by atoms with Crippen LogP contribution in [0.3, 0.4) is 0 Å². The molecule has 0 spiro atoms. The predicted octanol–water partition coefficient (Wildman–Crippen LogP) is -0.0825. The first-order chi connectivity index (χ1) is 8.57. The summed E-state index contributed by atoms with van der Waals surface area (Å²) >= 11 is 0. The van der Waals surface area contributed by atoms with E-state index < -0.39 is 10.0 Å². The lowest BCUT2D eigenvalue weighted by Crippen LogP contribution is -2.40. The van der Waals surface area contributed by atoms with Gasteiger partial charge in [-0.3, -0.25) is 5.10 Å². The molecule has 1 fully saturated rings. The van der Waals surface area contributed by atoms with Gasteiger partial charge in [-0.15, -0.1) is 0 Å². The average molecular weight is 274 g/mol. The molecular weight excluding hydrogens is 256 g/mol. The van der Waals surface area contributed by atoms with Gasteiger partial charge in [0.2, 0.25) is 10.0 Å². The quantitative estimate of drug-likeness (QED) is 0.695. The highest BCUT2D eigenvalue weighted by Gasteiger charge is 2.34. The van der Waals surface area contributed by atoms with Crippen LogP contribution in [0.25, 0.3) is 0 Å². The van der Waals surface area contributed by atoms with E-state index in [1.54, 1.807) is 0 Å². The zero-order chi connectivity index (χ0) is 13.2. The van der Waals surface area contributed by atoms with Gasteiger partial charge in [0.25, 0.3) is 0 Å². The molecule has 102 valence electrons. The van der Waals surface area contributed by atoms with Gasteiger partial charge in [-0.1, -0.05) is 12.8 Å². The molecule has 0 amide bonds. The molecule has 7 nitrogen and oxygen atoms in total. The van der Waals surface area contributed by atoms with Gasteiger partial charge in [-0.25, -0.2) is 8.42 Å². The van der Waals surface area contributed by atoms with Crippen LogP contribution in [-0.4, -0.2) is 47.2 Å². The number of aliphatic hydroxyl groups is 1. The van der Waals surface area contributed by atoms with Crippen molar-refractivity contribution in [3.8, 4) is 0 Å². The third kappa shape index (κ3) is 2.36. The molecule has 1 heterocycles. The summed E-state index contributed by atoms with van der Waals surface area (Å²) in [4.78, 5) is -0.0113. The molecule has 8 heteroatoms. The van der Waals surface area contributed by atoms with E-state index in [1.165, 1.54) is 10.5 Å². The van der Waals surface area contributed by atoms with E-state index in [-0.39, 0.29) is 29.9 Å². The van der Waals surface area contributed by atoms with E-state index in [0.29, 0.717) is 0 Å². The molecule has 1 aromatic rings. The SMILES string of the molecule is Nc1[nH]ncc1S(=O)(=O)N(CCO)C1CCCC1. The maximum atomic E-state index is 12.5. The maximum Gasteiger partial charge on any atom is 0.248 e. The number of nitrogens with zero attached hydrogens (tertiary/aromatic N) is 2. The number of rotatable bonds is 5. The second kappa shape index (κ2) is 5.25. The molecule has 0 aliphatic heterocycles. The van der Waals surface area contributed by atoms with Crippen molar-refractivity contribution >= 4 is 15.8 Å². The number of hydrogen-bond donors (Lipinski definition) is 3. The summed E-state index contributed by atoms with van der Waals surface area (Å²) in [6, 6.07) is -0.0450. The molecule has 1 aliphatic rings. The molecule has 18 heavy (non-hydrogen) atoms. The number of anilines is 1. The Kier molecular flexibility index (Phi) is 3.88. The molecule has 0 aromatic carbocycles. The number of hydrogen-bond acceptors (Lipinski definition) is 5. The lowest BCUT2D eigenvalue weighted by Gasteiger charge is -2.26. The minimum Gasteiger partial charge on any atom is -0.395 e. The predicted molar refractivity (Wildman–Crippen MR) is 66.2 cm³/mol. The molecule has 1 aromatic heterocycles. The Bertz CT molecular complexity index is 493. The average Bonchev–Trinajstić information content (AvgIpc) is 2.96. The van der Waals surface area contributed by atoms with E-state index in [4.69, 9.17) is 10.8 Å². The summed E-state index contributed by atoms with van der Waals surface area (Å²) in [5, 5.41) is 15.1. The Morgan fingerprint density at radius 3 is 2.67 bits per heavy atom. The Labute approximate surface area is 106 Å². The zero-order valence-electron chi connectivity index (χ0n) is 10.0. The van der Waals surface area contributed by atoms with E-state index in [2.05, 4.69) is 10.2 Å². The van der Waals surface area contributed by atoms with Crippen molar-refractivity contribution < 1.29 is 13.5 Å². The van der Waals surface area contributed by atoms with Crippen molar-refractivity contribution in [1.29, 1.82) is 0 Å². The fourth-order valence-electron chi connectivity index (χ4n) is 2.41. The van der Waals surface area contributed by atoms with Crippen LogP contribution in [0.1, 0.15) is 25.7 Å². The second-order valence-electron chi connectivity index (χ2n) is 4.43. The van der Waals surface area contributed by atoms with Crippen molar-refractivity contribution in [2.45, 2.75) is 36.6 Å². The topological polar surface area (TPSA) is 112 Å². The number of nitrogens with one attached hydrogen (secondary N) is 1. The molecule has 2 rings (SSSR count). The van der Waals surface area contributed by atoms with Crippen LogP contribution >= 0.6 is 0 Å². The van der Waals surface area contributed by atoms with Gasteiger partial charge in [-0.2, -0.15) is 9.40 Å². The van der Waals surface area contributed by atoms with Crippen LogP contribution in [0, 0.1) is 0 Å². The van der Waals surface area contributed by atoms with E-state index in [0.717, 1.165) is 25.7 Å². The van der Waals surface area contributed by atoms with Crippen LogP contribution in [0.2, 0.25) is 0 Å². The van der Waals surface area contributed by atoms with Gasteiger partial charge in [-0.05, 0) is 12.8 Å². The molecule has 0 saturated heterocycles. The van der Waals surface area contributed by atoms with Gasteiger partial charge >= 0.3 is 0 Å². The smallest absolute Gasteiger partial charge is 0.248 e.